The Labute approximate surface area is 279 Å². The first-order valence-corrected chi connectivity index (χ1v) is 16.0. The first-order valence-electron chi connectivity index (χ1n) is 16.0. The van der Waals surface area contributed by atoms with Crippen LogP contribution in [0.4, 0.5) is 11.4 Å². The lowest BCUT2D eigenvalue weighted by atomic mass is 9.95. The Balaban J connectivity index is 1.22. The lowest BCUT2D eigenvalue weighted by Gasteiger charge is -2.19. The largest absolute Gasteiger partial charge is 0.493 e. The topological polar surface area (TPSA) is 146 Å². The number of anilines is 2. The molecule has 0 spiro atoms. The van der Waals surface area contributed by atoms with Gasteiger partial charge in [-0.1, -0.05) is 24.6 Å². The number of nitrogens with one attached hydrogen (secondary N) is 3. The fourth-order valence-corrected chi connectivity index (χ4v) is 6.08. The summed E-state index contributed by atoms with van der Waals surface area (Å²) in [6.45, 7) is 2.66. The molecule has 1 unspecified atom stereocenters. The average molecular weight is 655 g/mol. The van der Waals surface area contributed by atoms with E-state index in [0.29, 0.717) is 60.9 Å². The highest BCUT2D eigenvalue weighted by Crippen LogP contribution is 2.50. The fraction of sp³-hybridized carbons (Fsp3) is 0.361. The first kappa shape index (κ1) is 34.0. The maximum Gasteiger partial charge on any atom is 0.224 e. The van der Waals surface area contributed by atoms with E-state index in [9.17, 15) is 14.4 Å². The van der Waals surface area contributed by atoms with Gasteiger partial charge < -0.3 is 30.2 Å². The van der Waals surface area contributed by atoms with Crippen LogP contribution in [0.3, 0.4) is 0 Å². The molecule has 3 aromatic carbocycles. The van der Waals surface area contributed by atoms with Crippen molar-refractivity contribution >= 4 is 23.2 Å². The quantitative estimate of drug-likeness (QED) is 0.158. The number of aromatic nitrogens is 3. The number of hydrogen-bond acceptors (Lipinski definition) is 9. The van der Waals surface area contributed by atoms with Crippen LogP contribution >= 0.6 is 0 Å². The number of fused-ring (bicyclic) bond motifs is 3. The van der Waals surface area contributed by atoms with Crippen molar-refractivity contribution in [2.24, 2.45) is 0 Å². The van der Waals surface area contributed by atoms with E-state index in [2.05, 4.69) is 26.0 Å². The molecule has 0 fully saturated rings. The second-order valence-electron chi connectivity index (χ2n) is 11.7. The van der Waals surface area contributed by atoms with E-state index in [4.69, 9.17) is 14.2 Å². The molecule has 3 N–H and O–H groups in total. The number of ether oxygens (including phenoxy) is 3. The zero-order chi connectivity index (χ0) is 34.0. The van der Waals surface area contributed by atoms with Gasteiger partial charge in [-0.15, -0.1) is 0 Å². The van der Waals surface area contributed by atoms with Gasteiger partial charge in [-0.05, 0) is 78.3 Å². The van der Waals surface area contributed by atoms with Gasteiger partial charge >= 0.3 is 0 Å². The van der Waals surface area contributed by atoms with Crippen LogP contribution in [-0.4, -0.2) is 54.5 Å². The minimum Gasteiger partial charge on any atom is -0.493 e. The molecule has 0 bridgehead atoms. The van der Waals surface area contributed by atoms with Crippen LogP contribution in [0.2, 0.25) is 0 Å². The molecule has 1 heterocycles. The van der Waals surface area contributed by atoms with E-state index in [0.717, 1.165) is 47.2 Å². The van der Waals surface area contributed by atoms with Gasteiger partial charge in [-0.3, -0.25) is 14.4 Å². The zero-order valence-corrected chi connectivity index (χ0v) is 27.8. The predicted molar refractivity (Wildman–Crippen MR) is 184 cm³/mol. The Morgan fingerprint density at radius 3 is 2.44 bits per heavy atom. The van der Waals surface area contributed by atoms with Gasteiger partial charge in [0.25, 0.3) is 0 Å². The van der Waals surface area contributed by atoms with Gasteiger partial charge in [0.15, 0.2) is 11.5 Å². The summed E-state index contributed by atoms with van der Waals surface area (Å²) in [7, 11) is 4.71. The van der Waals surface area contributed by atoms with Gasteiger partial charge in [-0.25, -0.2) is 9.67 Å². The summed E-state index contributed by atoms with van der Waals surface area (Å²) in [5, 5.41) is 13.4. The highest BCUT2D eigenvalue weighted by Gasteiger charge is 2.29. The minimum absolute atomic E-state index is 0.0379. The molecular weight excluding hydrogens is 612 g/mol. The molecule has 12 heteroatoms. The summed E-state index contributed by atoms with van der Waals surface area (Å²) < 4.78 is 18.9. The molecule has 0 aliphatic heterocycles. The molecule has 12 nitrogen and oxygen atoms in total. The molecule has 0 radical (unpaired) electrons. The molecule has 1 aromatic heterocycles. The van der Waals surface area contributed by atoms with E-state index in [-0.39, 0.29) is 23.3 Å². The molecule has 1 atom stereocenters. The number of hydrogen-bond donors (Lipinski definition) is 3. The van der Waals surface area contributed by atoms with E-state index in [1.807, 2.05) is 36.4 Å². The van der Waals surface area contributed by atoms with Crippen molar-refractivity contribution in [3.63, 3.8) is 0 Å². The van der Waals surface area contributed by atoms with Crippen molar-refractivity contribution in [1.29, 1.82) is 0 Å². The van der Waals surface area contributed by atoms with Crippen LogP contribution in [-0.2, 0) is 22.6 Å². The Bertz CT molecular complexity index is 1790. The van der Waals surface area contributed by atoms with Crippen LogP contribution in [0.25, 0.3) is 11.1 Å². The average Bonchev–Trinajstić information content (AvgIpc) is 3.48. The Hall–Kier alpha value is -5.39. The highest BCUT2D eigenvalue weighted by molar-refractivity contribution is 5.90. The van der Waals surface area contributed by atoms with Crippen molar-refractivity contribution in [3.05, 3.63) is 88.1 Å². The van der Waals surface area contributed by atoms with Gasteiger partial charge in [-0.2, -0.15) is 5.10 Å². The molecule has 1 aliphatic rings. The lowest BCUT2D eigenvalue weighted by Crippen LogP contribution is -2.26. The fourth-order valence-electron chi connectivity index (χ4n) is 6.08. The third-order valence-corrected chi connectivity index (χ3v) is 8.36. The maximum atomic E-state index is 13.5. The van der Waals surface area contributed by atoms with Crippen LogP contribution < -0.4 is 35.6 Å². The number of carbonyl (C=O) groups is 2. The molecule has 2 amide bonds. The van der Waals surface area contributed by atoms with Crippen molar-refractivity contribution in [2.45, 2.75) is 58.0 Å². The van der Waals surface area contributed by atoms with Gasteiger partial charge in [0.1, 0.15) is 12.7 Å². The monoisotopic (exact) mass is 654 g/mol. The highest BCUT2D eigenvalue weighted by atomic mass is 16.5. The summed E-state index contributed by atoms with van der Waals surface area (Å²) >= 11 is 0. The summed E-state index contributed by atoms with van der Waals surface area (Å²) in [5.41, 5.74) is 5.35. The SMILES string of the molecule is COc1cc2c(c(OC)c1OC)-c1ccc(NCCCCCC(=O)Nc3ccc(Cn4cncn4)cc3)c(=O)cc1C(NC(C)=O)CC2. The summed E-state index contributed by atoms with van der Waals surface area (Å²) in [6.07, 6.45) is 7.10. The van der Waals surface area contributed by atoms with Gasteiger partial charge in [0.2, 0.25) is 23.0 Å². The summed E-state index contributed by atoms with van der Waals surface area (Å²) in [6, 6.07) is 14.5. The lowest BCUT2D eigenvalue weighted by molar-refractivity contribution is -0.119. The van der Waals surface area contributed by atoms with Gasteiger partial charge in [0, 0.05) is 31.1 Å². The molecule has 4 aromatic rings. The normalized spacial score (nSPS) is 13.4. The molecular formula is C36H42N6O6. The number of amides is 2. The second-order valence-corrected chi connectivity index (χ2v) is 11.7. The van der Waals surface area contributed by atoms with Crippen LogP contribution in [0.15, 0.2) is 66.0 Å². The smallest absolute Gasteiger partial charge is 0.224 e. The molecule has 1 aliphatic carbocycles. The number of methoxy groups -OCH3 is 3. The Kier molecular flexibility index (Phi) is 11.3. The maximum absolute atomic E-state index is 13.5. The third kappa shape index (κ3) is 8.11. The van der Waals surface area contributed by atoms with Gasteiger partial charge in [0.05, 0.1) is 39.6 Å². The van der Waals surface area contributed by atoms with Crippen LogP contribution in [0.5, 0.6) is 17.2 Å². The number of benzene rings is 2. The zero-order valence-electron chi connectivity index (χ0n) is 27.8. The summed E-state index contributed by atoms with van der Waals surface area (Å²) in [5.74, 6) is 1.30. The molecule has 0 saturated carbocycles. The standard InChI is InChI=1S/C36H42N6O6/c1-23(43)40-29-15-11-25-18-32(46-2)35(47-3)36(48-4)34(25)27-14-16-30(31(44)19-28(27)29)38-17-7-5-6-8-33(45)41-26-12-9-24(10-13-26)20-42-22-37-21-39-42/h9-10,12-14,16,18-19,21-22,29H,5-8,11,15,17,20H2,1-4H3,(H,38,44)(H,40,43)(H,41,45). The van der Waals surface area contributed by atoms with E-state index >= 15 is 0 Å². The number of unbranched alkanes of at least 4 members (excludes halogenated alkanes) is 2. The minimum atomic E-state index is -0.372. The first-order chi connectivity index (χ1) is 23.3. The second kappa shape index (κ2) is 15.9. The van der Waals surface area contributed by atoms with Crippen LogP contribution in [0, 0.1) is 0 Å². The van der Waals surface area contributed by atoms with Crippen LogP contribution in [0.1, 0.15) is 61.8 Å². The molecule has 252 valence electrons. The number of nitrogens with zero attached hydrogens (tertiary/aromatic N) is 3. The van der Waals surface area contributed by atoms with Crippen molar-refractivity contribution in [2.75, 3.05) is 38.5 Å². The summed E-state index contributed by atoms with van der Waals surface area (Å²) in [4.78, 5) is 42.1. The van der Waals surface area contributed by atoms with E-state index < -0.39 is 0 Å². The Morgan fingerprint density at radius 1 is 0.958 bits per heavy atom. The molecule has 5 rings (SSSR count). The number of aryl methyl sites for hydroxylation is 1. The van der Waals surface area contributed by atoms with Crippen molar-refractivity contribution < 1.29 is 23.8 Å². The van der Waals surface area contributed by atoms with Crippen molar-refractivity contribution in [3.8, 4) is 28.4 Å². The molecule has 0 saturated heterocycles. The van der Waals surface area contributed by atoms with E-state index in [1.165, 1.54) is 13.3 Å². The van der Waals surface area contributed by atoms with Crippen molar-refractivity contribution in [1.82, 2.24) is 20.1 Å². The number of carbonyl (C=O) groups excluding carboxylic acids is 2. The van der Waals surface area contributed by atoms with E-state index in [1.54, 1.807) is 44.5 Å². The Morgan fingerprint density at radius 2 is 1.75 bits per heavy atom. The number of rotatable bonds is 14. The predicted octanol–water partition coefficient (Wildman–Crippen LogP) is 5.11. The third-order valence-electron chi connectivity index (χ3n) is 8.36. The molecule has 48 heavy (non-hydrogen) atoms.